The summed E-state index contributed by atoms with van der Waals surface area (Å²) in [4.78, 5) is 25.2. The number of fused-ring (bicyclic) bond motifs is 2. The Morgan fingerprint density at radius 3 is 2.27 bits per heavy atom. The maximum absolute atomic E-state index is 12.7. The molecule has 2 rings (SSSR count). The van der Waals surface area contributed by atoms with Gasteiger partial charge >= 0.3 is 11.9 Å². The zero-order chi connectivity index (χ0) is 16.2. The van der Waals surface area contributed by atoms with Crippen molar-refractivity contribution in [2.24, 2.45) is 23.2 Å². The summed E-state index contributed by atoms with van der Waals surface area (Å²) >= 11 is 0. The Morgan fingerprint density at radius 2 is 1.68 bits per heavy atom. The van der Waals surface area contributed by atoms with Gasteiger partial charge in [0.15, 0.2) is 0 Å². The van der Waals surface area contributed by atoms with Crippen LogP contribution in [0.3, 0.4) is 0 Å². The van der Waals surface area contributed by atoms with Crippen LogP contribution < -0.4 is 0 Å². The maximum Gasteiger partial charge on any atom is 0.313 e. The van der Waals surface area contributed by atoms with E-state index in [0.29, 0.717) is 19.1 Å². The molecule has 2 aliphatic rings. The van der Waals surface area contributed by atoms with Crippen molar-refractivity contribution < 1.29 is 19.1 Å². The van der Waals surface area contributed by atoms with Crippen molar-refractivity contribution in [2.45, 2.75) is 65.7 Å². The van der Waals surface area contributed by atoms with Gasteiger partial charge in [-0.05, 0) is 43.9 Å². The first-order valence-corrected chi connectivity index (χ1v) is 8.90. The highest BCUT2D eigenvalue weighted by Crippen LogP contribution is 2.61. The molecule has 126 valence electrons. The highest BCUT2D eigenvalue weighted by atomic mass is 16.5. The smallest absolute Gasteiger partial charge is 0.313 e. The van der Waals surface area contributed by atoms with Gasteiger partial charge in [0.2, 0.25) is 0 Å². The van der Waals surface area contributed by atoms with Crippen LogP contribution in [0.25, 0.3) is 0 Å². The zero-order valence-electron chi connectivity index (χ0n) is 14.2. The van der Waals surface area contributed by atoms with Gasteiger partial charge in [-0.15, -0.1) is 0 Å². The molecule has 22 heavy (non-hydrogen) atoms. The van der Waals surface area contributed by atoms with E-state index in [1.165, 1.54) is 0 Å². The summed E-state index contributed by atoms with van der Waals surface area (Å²) in [7, 11) is 0. The van der Waals surface area contributed by atoms with Crippen LogP contribution in [-0.4, -0.2) is 25.2 Å². The first-order valence-electron chi connectivity index (χ1n) is 8.90. The van der Waals surface area contributed by atoms with E-state index in [2.05, 4.69) is 20.8 Å². The van der Waals surface area contributed by atoms with E-state index >= 15 is 0 Å². The second kappa shape index (κ2) is 7.47. The summed E-state index contributed by atoms with van der Waals surface area (Å²) in [6.07, 6.45) is 6.38. The predicted molar refractivity (Wildman–Crippen MR) is 84.2 cm³/mol. The molecular weight excluding hydrogens is 280 g/mol. The highest BCUT2D eigenvalue weighted by Gasteiger charge is 2.64. The van der Waals surface area contributed by atoms with E-state index in [1.54, 1.807) is 0 Å². The molecule has 0 saturated heterocycles. The fourth-order valence-corrected chi connectivity index (χ4v) is 4.28. The molecule has 0 amide bonds. The molecule has 0 aromatic heterocycles. The zero-order valence-corrected chi connectivity index (χ0v) is 14.2. The van der Waals surface area contributed by atoms with Crippen molar-refractivity contribution in [2.75, 3.05) is 13.2 Å². The molecule has 4 heteroatoms. The summed E-state index contributed by atoms with van der Waals surface area (Å²) < 4.78 is 10.9. The average Bonchev–Trinajstić information content (AvgIpc) is 3.03. The quantitative estimate of drug-likeness (QED) is 0.506. The van der Waals surface area contributed by atoms with Crippen LogP contribution in [0.4, 0.5) is 0 Å². The van der Waals surface area contributed by atoms with Crippen LogP contribution in [0.2, 0.25) is 0 Å². The van der Waals surface area contributed by atoms with Gasteiger partial charge in [-0.3, -0.25) is 9.59 Å². The molecule has 0 heterocycles. The monoisotopic (exact) mass is 310 g/mol. The largest absolute Gasteiger partial charge is 0.465 e. The van der Waals surface area contributed by atoms with Crippen molar-refractivity contribution in [3.8, 4) is 0 Å². The molecule has 2 saturated carbocycles. The Bertz CT molecular complexity index is 406. The predicted octanol–water partition coefficient (Wildman–Crippen LogP) is 3.73. The number of esters is 2. The summed E-state index contributed by atoms with van der Waals surface area (Å²) in [6, 6.07) is 0. The number of rotatable bonds is 8. The van der Waals surface area contributed by atoms with Gasteiger partial charge < -0.3 is 9.47 Å². The molecule has 4 unspecified atom stereocenters. The van der Waals surface area contributed by atoms with E-state index in [-0.39, 0.29) is 23.8 Å². The molecule has 2 aliphatic carbocycles. The fourth-order valence-electron chi connectivity index (χ4n) is 4.28. The van der Waals surface area contributed by atoms with Crippen molar-refractivity contribution in [3.05, 3.63) is 0 Å². The van der Waals surface area contributed by atoms with E-state index in [4.69, 9.17) is 9.47 Å². The van der Waals surface area contributed by atoms with Crippen molar-refractivity contribution in [1.82, 2.24) is 0 Å². The standard InChI is InChI=1S/C18H30O4/c1-4-6-8-21-16(19)15-11-14-10-13(3)18(15,12-14)17(20)22-9-7-5-2/h13-15H,4-12H2,1-3H3. The molecule has 4 atom stereocenters. The Morgan fingerprint density at radius 1 is 1.05 bits per heavy atom. The average molecular weight is 310 g/mol. The molecule has 0 aromatic rings. The van der Waals surface area contributed by atoms with Gasteiger partial charge in [0.1, 0.15) is 0 Å². The second-order valence-electron chi connectivity index (χ2n) is 7.05. The number of hydrogen-bond donors (Lipinski definition) is 0. The molecular formula is C18H30O4. The number of ether oxygens (including phenoxy) is 2. The molecule has 0 aliphatic heterocycles. The van der Waals surface area contributed by atoms with Crippen LogP contribution in [0.5, 0.6) is 0 Å². The van der Waals surface area contributed by atoms with E-state index in [1.807, 2.05) is 0 Å². The summed E-state index contributed by atoms with van der Waals surface area (Å²) in [5.74, 6) is 0.0367. The van der Waals surface area contributed by atoms with Crippen LogP contribution in [0, 0.1) is 23.2 Å². The van der Waals surface area contributed by atoms with Crippen molar-refractivity contribution in [3.63, 3.8) is 0 Å². The molecule has 0 radical (unpaired) electrons. The van der Waals surface area contributed by atoms with E-state index < -0.39 is 5.41 Å². The third-order valence-electron chi connectivity index (χ3n) is 5.52. The first kappa shape index (κ1) is 17.3. The van der Waals surface area contributed by atoms with Crippen LogP contribution in [0.15, 0.2) is 0 Å². The molecule has 2 bridgehead atoms. The third kappa shape index (κ3) is 3.16. The van der Waals surface area contributed by atoms with Crippen molar-refractivity contribution in [1.29, 1.82) is 0 Å². The molecule has 4 nitrogen and oxygen atoms in total. The summed E-state index contributed by atoms with van der Waals surface area (Å²) in [6.45, 7) is 7.16. The Kier molecular flexibility index (Phi) is 5.87. The normalized spacial score (nSPS) is 33.0. The van der Waals surface area contributed by atoms with E-state index in [9.17, 15) is 9.59 Å². The van der Waals surface area contributed by atoms with Crippen molar-refractivity contribution >= 4 is 11.9 Å². The van der Waals surface area contributed by atoms with Crippen LogP contribution >= 0.6 is 0 Å². The highest BCUT2D eigenvalue weighted by molar-refractivity contribution is 5.87. The lowest BCUT2D eigenvalue weighted by Gasteiger charge is -2.36. The summed E-state index contributed by atoms with van der Waals surface area (Å²) in [5, 5.41) is 0. The number of carbonyl (C=O) groups excluding carboxylic acids is 2. The fraction of sp³-hybridized carbons (Fsp3) is 0.889. The van der Waals surface area contributed by atoms with Gasteiger partial charge in [0, 0.05) is 0 Å². The maximum atomic E-state index is 12.7. The number of carbonyl (C=O) groups is 2. The lowest BCUT2D eigenvalue weighted by molar-refractivity contribution is -0.172. The molecule has 0 aromatic carbocycles. The molecule has 0 spiro atoms. The third-order valence-corrected chi connectivity index (χ3v) is 5.52. The minimum Gasteiger partial charge on any atom is -0.465 e. The molecule has 2 fully saturated rings. The minimum absolute atomic E-state index is 0.161. The second-order valence-corrected chi connectivity index (χ2v) is 7.05. The van der Waals surface area contributed by atoms with Crippen LogP contribution in [0.1, 0.15) is 65.7 Å². The van der Waals surface area contributed by atoms with E-state index in [0.717, 1.165) is 44.9 Å². The lowest BCUT2D eigenvalue weighted by atomic mass is 9.68. The minimum atomic E-state index is -0.623. The Hall–Kier alpha value is -1.06. The topological polar surface area (TPSA) is 52.6 Å². The van der Waals surface area contributed by atoms with Gasteiger partial charge in [0.05, 0.1) is 24.5 Å². The SMILES string of the molecule is CCCCOC(=O)C1CC2CC(C)C1(C(=O)OCCCC)C2. The lowest BCUT2D eigenvalue weighted by Crippen LogP contribution is -2.45. The van der Waals surface area contributed by atoms with Gasteiger partial charge in [0.25, 0.3) is 0 Å². The Balaban J connectivity index is 2.06. The van der Waals surface area contributed by atoms with Gasteiger partial charge in [-0.25, -0.2) is 0 Å². The van der Waals surface area contributed by atoms with Gasteiger partial charge in [-0.1, -0.05) is 33.6 Å². The first-order chi connectivity index (χ1) is 10.6. The molecule has 0 N–H and O–H groups in total. The van der Waals surface area contributed by atoms with Gasteiger partial charge in [-0.2, -0.15) is 0 Å². The number of unbranched alkanes of at least 4 members (excludes halogenated alkanes) is 2. The van der Waals surface area contributed by atoms with Crippen LogP contribution in [-0.2, 0) is 19.1 Å². The summed E-state index contributed by atoms with van der Waals surface area (Å²) in [5.41, 5.74) is -0.623. The Labute approximate surface area is 133 Å². The number of hydrogen-bond acceptors (Lipinski definition) is 4.